The Hall–Kier alpha value is -1.95. The van der Waals surface area contributed by atoms with Crippen LogP contribution in [0.25, 0.3) is 0 Å². The van der Waals surface area contributed by atoms with Crippen molar-refractivity contribution in [1.29, 1.82) is 0 Å². The zero-order chi connectivity index (χ0) is 12.7. The van der Waals surface area contributed by atoms with Gasteiger partial charge in [0, 0.05) is 24.2 Å². The summed E-state index contributed by atoms with van der Waals surface area (Å²) in [6.07, 6.45) is 0. The van der Waals surface area contributed by atoms with Crippen molar-refractivity contribution in [3.63, 3.8) is 0 Å². The SMILES string of the molecule is Cn1c(=O)[nH]c2c(c1=O)CNc1ccccc1S2. The molecule has 0 saturated heterocycles. The van der Waals surface area contributed by atoms with E-state index in [0.717, 1.165) is 15.1 Å². The summed E-state index contributed by atoms with van der Waals surface area (Å²) in [7, 11) is 1.48. The summed E-state index contributed by atoms with van der Waals surface area (Å²) in [5.74, 6) is 0. The van der Waals surface area contributed by atoms with Crippen LogP contribution in [0.5, 0.6) is 0 Å². The minimum absolute atomic E-state index is 0.249. The third kappa shape index (κ3) is 1.65. The first-order valence-corrected chi connectivity index (χ1v) is 6.31. The molecule has 0 fully saturated rings. The van der Waals surface area contributed by atoms with E-state index in [4.69, 9.17) is 0 Å². The molecule has 0 atom stereocenters. The van der Waals surface area contributed by atoms with Gasteiger partial charge in [-0.05, 0) is 12.1 Å². The van der Waals surface area contributed by atoms with Gasteiger partial charge in [0.1, 0.15) is 0 Å². The van der Waals surface area contributed by atoms with Crippen molar-refractivity contribution in [2.24, 2.45) is 7.05 Å². The number of para-hydroxylation sites is 1. The number of aromatic nitrogens is 2. The number of nitrogens with zero attached hydrogens (tertiary/aromatic N) is 1. The number of nitrogens with one attached hydrogen (secondary N) is 2. The quantitative estimate of drug-likeness (QED) is 0.698. The molecule has 18 heavy (non-hydrogen) atoms. The van der Waals surface area contributed by atoms with Gasteiger partial charge in [-0.1, -0.05) is 23.9 Å². The minimum Gasteiger partial charge on any atom is -0.380 e. The van der Waals surface area contributed by atoms with Gasteiger partial charge in [-0.2, -0.15) is 0 Å². The molecule has 0 unspecified atom stereocenters. The first kappa shape index (κ1) is 11.2. The van der Waals surface area contributed by atoms with Gasteiger partial charge in [-0.25, -0.2) is 4.79 Å². The number of H-pyrrole nitrogens is 1. The van der Waals surface area contributed by atoms with Crippen LogP contribution in [0.4, 0.5) is 5.69 Å². The van der Waals surface area contributed by atoms with Gasteiger partial charge in [-0.3, -0.25) is 9.36 Å². The van der Waals surface area contributed by atoms with Crippen LogP contribution in [-0.2, 0) is 13.6 Å². The van der Waals surface area contributed by atoms with Crippen molar-refractivity contribution in [3.05, 3.63) is 50.7 Å². The number of hydrogen-bond acceptors (Lipinski definition) is 4. The van der Waals surface area contributed by atoms with Gasteiger partial charge >= 0.3 is 5.69 Å². The Balaban J connectivity index is 2.22. The molecule has 1 aromatic carbocycles. The highest BCUT2D eigenvalue weighted by molar-refractivity contribution is 7.99. The fourth-order valence-corrected chi connectivity index (χ4v) is 2.92. The van der Waals surface area contributed by atoms with Gasteiger partial charge in [-0.15, -0.1) is 0 Å². The first-order valence-electron chi connectivity index (χ1n) is 5.50. The van der Waals surface area contributed by atoms with Gasteiger partial charge in [0.05, 0.1) is 10.6 Å². The van der Waals surface area contributed by atoms with Crippen LogP contribution in [0.15, 0.2) is 43.8 Å². The molecule has 2 heterocycles. The Morgan fingerprint density at radius 1 is 1.28 bits per heavy atom. The predicted molar refractivity (Wildman–Crippen MR) is 70.2 cm³/mol. The zero-order valence-electron chi connectivity index (χ0n) is 9.69. The van der Waals surface area contributed by atoms with Crippen LogP contribution in [0.1, 0.15) is 5.56 Å². The number of benzene rings is 1. The fourth-order valence-electron chi connectivity index (χ4n) is 1.89. The van der Waals surface area contributed by atoms with Crippen molar-refractivity contribution in [3.8, 4) is 0 Å². The van der Waals surface area contributed by atoms with Crippen LogP contribution in [-0.4, -0.2) is 9.55 Å². The summed E-state index contributed by atoms with van der Waals surface area (Å²) in [5, 5.41) is 3.84. The van der Waals surface area contributed by atoms with Crippen molar-refractivity contribution in [2.75, 3.05) is 5.32 Å². The maximum atomic E-state index is 12.0. The van der Waals surface area contributed by atoms with Gasteiger partial charge in [0.25, 0.3) is 5.56 Å². The molecule has 92 valence electrons. The number of aromatic amines is 1. The highest BCUT2D eigenvalue weighted by atomic mass is 32.2. The van der Waals surface area contributed by atoms with Crippen molar-refractivity contribution >= 4 is 17.4 Å². The maximum absolute atomic E-state index is 12.0. The Bertz CT molecular complexity index is 733. The summed E-state index contributed by atoms with van der Waals surface area (Å²) in [6.45, 7) is 0.419. The van der Waals surface area contributed by atoms with E-state index < -0.39 is 0 Å². The topological polar surface area (TPSA) is 66.9 Å². The molecule has 0 saturated carbocycles. The van der Waals surface area contributed by atoms with E-state index in [9.17, 15) is 9.59 Å². The predicted octanol–water partition coefficient (Wildman–Crippen LogP) is 1.15. The van der Waals surface area contributed by atoms with E-state index >= 15 is 0 Å². The highest BCUT2D eigenvalue weighted by Crippen LogP contribution is 2.35. The monoisotopic (exact) mass is 261 g/mol. The second-order valence-electron chi connectivity index (χ2n) is 4.05. The summed E-state index contributed by atoms with van der Waals surface area (Å²) in [6, 6.07) is 7.77. The highest BCUT2D eigenvalue weighted by Gasteiger charge is 2.18. The van der Waals surface area contributed by atoms with Crippen molar-refractivity contribution in [2.45, 2.75) is 16.5 Å². The van der Waals surface area contributed by atoms with Crippen LogP contribution in [0.3, 0.4) is 0 Å². The number of rotatable bonds is 0. The molecule has 1 aliphatic rings. The summed E-state index contributed by atoms with van der Waals surface area (Å²) in [4.78, 5) is 27.4. The molecule has 0 radical (unpaired) electrons. The van der Waals surface area contributed by atoms with Crippen LogP contribution < -0.4 is 16.6 Å². The Morgan fingerprint density at radius 3 is 2.89 bits per heavy atom. The minimum atomic E-state index is -0.384. The van der Waals surface area contributed by atoms with Crippen LogP contribution in [0, 0.1) is 0 Å². The maximum Gasteiger partial charge on any atom is 0.328 e. The molecule has 0 aliphatic carbocycles. The van der Waals surface area contributed by atoms with E-state index in [1.165, 1.54) is 18.8 Å². The van der Waals surface area contributed by atoms with E-state index in [-0.39, 0.29) is 11.2 Å². The van der Waals surface area contributed by atoms with Crippen LogP contribution in [0.2, 0.25) is 0 Å². The number of hydrogen-bond donors (Lipinski definition) is 2. The average molecular weight is 261 g/mol. The molecule has 2 N–H and O–H groups in total. The summed E-state index contributed by atoms with van der Waals surface area (Å²) >= 11 is 1.41. The standard InChI is InChI=1S/C12H11N3O2S/c1-15-11(16)7-6-13-8-4-2-3-5-9(8)18-10(7)14-12(15)17/h2-5,13H,6H2,1H3,(H,14,17). The smallest absolute Gasteiger partial charge is 0.328 e. The average Bonchev–Trinajstić information content (AvgIpc) is 2.55. The molecule has 6 heteroatoms. The van der Waals surface area contributed by atoms with Crippen molar-refractivity contribution < 1.29 is 0 Å². The molecule has 2 aromatic rings. The summed E-state index contributed by atoms with van der Waals surface area (Å²) in [5.41, 5.74) is 0.937. The molecule has 0 amide bonds. The second-order valence-corrected chi connectivity index (χ2v) is 5.11. The molecular formula is C12H11N3O2S. The Morgan fingerprint density at radius 2 is 2.06 bits per heavy atom. The lowest BCUT2D eigenvalue weighted by Gasteiger charge is -2.05. The van der Waals surface area contributed by atoms with Gasteiger partial charge < -0.3 is 10.3 Å². The van der Waals surface area contributed by atoms with Crippen LogP contribution >= 0.6 is 11.8 Å². The zero-order valence-corrected chi connectivity index (χ0v) is 10.5. The Kier molecular flexibility index (Phi) is 2.52. The first-order chi connectivity index (χ1) is 8.66. The number of fused-ring (bicyclic) bond motifs is 2. The lowest BCUT2D eigenvalue weighted by atomic mass is 10.3. The molecule has 3 rings (SSSR count). The lowest BCUT2D eigenvalue weighted by Crippen LogP contribution is -2.36. The lowest BCUT2D eigenvalue weighted by molar-refractivity contribution is 0.724. The van der Waals surface area contributed by atoms with Crippen molar-refractivity contribution in [1.82, 2.24) is 9.55 Å². The normalized spacial score (nSPS) is 13.2. The third-order valence-corrected chi connectivity index (χ3v) is 4.05. The van der Waals surface area contributed by atoms with Gasteiger partial charge in [0.2, 0.25) is 0 Å². The largest absolute Gasteiger partial charge is 0.380 e. The van der Waals surface area contributed by atoms with E-state index in [1.54, 1.807) is 0 Å². The van der Waals surface area contributed by atoms with E-state index in [0.29, 0.717) is 17.1 Å². The molecule has 0 spiro atoms. The van der Waals surface area contributed by atoms with E-state index in [2.05, 4.69) is 10.3 Å². The van der Waals surface area contributed by atoms with Gasteiger partial charge in [0.15, 0.2) is 0 Å². The number of anilines is 1. The molecule has 5 nitrogen and oxygen atoms in total. The fraction of sp³-hybridized carbons (Fsp3) is 0.167. The summed E-state index contributed by atoms with van der Waals surface area (Å²) < 4.78 is 1.09. The Labute approximate surface area is 107 Å². The second kappa shape index (κ2) is 4.06. The molecule has 0 bridgehead atoms. The molecule has 1 aliphatic heterocycles. The molecular weight excluding hydrogens is 250 g/mol. The van der Waals surface area contributed by atoms with E-state index in [1.807, 2.05) is 24.3 Å². The molecule has 1 aromatic heterocycles. The third-order valence-electron chi connectivity index (χ3n) is 2.92.